The zero-order chi connectivity index (χ0) is 15.6. The SMILES string of the molecule is Cc1ncc2c(c1-c1noc(CCc3cccs3)n1)CCNC2. The van der Waals surface area contributed by atoms with E-state index in [1.54, 1.807) is 11.3 Å². The van der Waals surface area contributed by atoms with Crippen LogP contribution in [-0.4, -0.2) is 21.7 Å². The fourth-order valence-electron chi connectivity index (χ4n) is 3.01. The molecule has 1 aliphatic rings. The Labute approximate surface area is 138 Å². The summed E-state index contributed by atoms with van der Waals surface area (Å²) < 4.78 is 5.46. The standard InChI is InChI=1S/C17H18N4OS/c1-11-16(14-6-7-18-9-12(14)10-19-11)17-20-15(22-21-17)5-4-13-3-2-8-23-13/h2-3,8,10,18H,4-7,9H2,1H3. The highest BCUT2D eigenvalue weighted by atomic mass is 32.1. The molecule has 6 heteroatoms. The van der Waals surface area contributed by atoms with Crippen molar-refractivity contribution < 1.29 is 4.52 Å². The number of fused-ring (bicyclic) bond motifs is 1. The Bertz CT molecular complexity index is 810. The zero-order valence-electron chi connectivity index (χ0n) is 13.0. The number of pyridine rings is 1. The normalized spacial score (nSPS) is 14.0. The summed E-state index contributed by atoms with van der Waals surface area (Å²) in [6.07, 6.45) is 4.65. The molecule has 23 heavy (non-hydrogen) atoms. The van der Waals surface area contributed by atoms with E-state index in [0.29, 0.717) is 11.7 Å². The molecule has 0 amide bonds. The van der Waals surface area contributed by atoms with Gasteiger partial charge in [0.1, 0.15) is 0 Å². The number of nitrogens with one attached hydrogen (secondary N) is 1. The molecule has 0 bridgehead atoms. The van der Waals surface area contributed by atoms with Crippen LogP contribution in [0.15, 0.2) is 28.2 Å². The second-order valence-electron chi connectivity index (χ2n) is 5.74. The Morgan fingerprint density at radius 3 is 3.17 bits per heavy atom. The highest BCUT2D eigenvalue weighted by molar-refractivity contribution is 7.09. The van der Waals surface area contributed by atoms with Crippen LogP contribution < -0.4 is 5.32 Å². The van der Waals surface area contributed by atoms with Gasteiger partial charge in [-0.25, -0.2) is 0 Å². The monoisotopic (exact) mass is 326 g/mol. The molecule has 0 atom stereocenters. The molecule has 1 aliphatic heterocycles. The number of aromatic nitrogens is 3. The van der Waals surface area contributed by atoms with Gasteiger partial charge in [-0.2, -0.15) is 4.98 Å². The van der Waals surface area contributed by atoms with Gasteiger partial charge in [-0.05, 0) is 48.9 Å². The second kappa shape index (κ2) is 6.22. The summed E-state index contributed by atoms with van der Waals surface area (Å²) in [6, 6.07) is 4.20. The molecule has 3 aromatic heterocycles. The highest BCUT2D eigenvalue weighted by Crippen LogP contribution is 2.28. The number of hydrogen-bond acceptors (Lipinski definition) is 6. The third-order valence-corrected chi connectivity index (χ3v) is 5.13. The molecule has 5 nitrogen and oxygen atoms in total. The van der Waals surface area contributed by atoms with Gasteiger partial charge in [0.2, 0.25) is 11.7 Å². The third kappa shape index (κ3) is 2.92. The van der Waals surface area contributed by atoms with E-state index in [4.69, 9.17) is 4.52 Å². The number of hydrogen-bond donors (Lipinski definition) is 1. The molecule has 4 heterocycles. The van der Waals surface area contributed by atoms with E-state index >= 15 is 0 Å². The van der Waals surface area contributed by atoms with Crippen molar-refractivity contribution in [2.75, 3.05) is 6.54 Å². The minimum absolute atomic E-state index is 0.676. The second-order valence-corrected chi connectivity index (χ2v) is 6.77. The molecule has 4 rings (SSSR count). The molecule has 0 radical (unpaired) electrons. The van der Waals surface area contributed by atoms with Crippen molar-refractivity contribution in [2.24, 2.45) is 0 Å². The zero-order valence-corrected chi connectivity index (χ0v) is 13.8. The summed E-state index contributed by atoms with van der Waals surface area (Å²) >= 11 is 1.76. The van der Waals surface area contributed by atoms with Crippen molar-refractivity contribution in [3.05, 3.63) is 51.3 Å². The van der Waals surface area contributed by atoms with Gasteiger partial charge >= 0.3 is 0 Å². The van der Waals surface area contributed by atoms with Crippen molar-refractivity contribution in [3.8, 4) is 11.4 Å². The van der Waals surface area contributed by atoms with Crippen molar-refractivity contribution >= 4 is 11.3 Å². The van der Waals surface area contributed by atoms with Crippen molar-refractivity contribution in [2.45, 2.75) is 32.7 Å². The predicted molar refractivity (Wildman–Crippen MR) is 89.4 cm³/mol. The van der Waals surface area contributed by atoms with Crippen LogP contribution in [0.3, 0.4) is 0 Å². The minimum atomic E-state index is 0.676. The lowest BCUT2D eigenvalue weighted by Crippen LogP contribution is -2.24. The molecule has 0 aliphatic carbocycles. The first kappa shape index (κ1) is 14.5. The van der Waals surface area contributed by atoms with E-state index in [0.717, 1.165) is 43.6 Å². The Hall–Kier alpha value is -2.05. The van der Waals surface area contributed by atoms with Crippen LogP contribution in [0.25, 0.3) is 11.4 Å². The van der Waals surface area contributed by atoms with Gasteiger partial charge in [0.25, 0.3) is 0 Å². The molecular weight excluding hydrogens is 308 g/mol. The first-order valence-electron chi connectivity index (χ1n) is 7.84. The fraction of sp³-hybridized carbons (Fsp3) is 0.353. The average molecular weight is 326 g/mol. The fourth-order valence-corrected chi connectivity index (χ4v) is 3.72. The highest BCUT2D eigenvalue weighted by Gasteiger charge is 2.20. The minimum Gasteiger partial charge on any atom is -0.339 e. The van der Waals surface area contributed by atoms with E-state index in [9.17, 15) is 0 Å². The van der Waals surface area contributed by atoms with Crippen LogP contribution >= 0.6 is 11.3 Å². The Morgan fingerprint density at radius 2 is 2.30 bits per heavy atom. The first-order chi connectivity index (χ1) is 11.3. The predicted octanol–water partition coefficient (Wildman–Crippen LogP) is 2.93. The average Bonchev–Trinajstić information content (AvgIpc) is 3.24. The van der Waals surface area contributed by atoms with Crippen molar-refractivity contribution in [1.82, 2.24) is 20.4 Å². The number of thiophene rings is 1. The smallest absolute Gasteiger partial charge is 0.227 e. The summed E-state index contributed by atoms with van der Waals surface area (Å²) in [4.78, 5) is 10.5. The van der Waals surface area contributed by atoms with Crippen molar-refractivity contribution in [3.63, 3.8) is 0 Å². The molecule has 0 aromatic carbocycles. The van der Waals surface area contributed by atoms with E-state index < -0.39 is 0 Å². The van der Waals surface area contributed by atoms with E-state index in [1.165, 1.54) is 16.0 Å². The largest absolute Gasteiger partial charge is 0.339 e. The van der Waals surface area contributed by atoms with Crippen LogP contribution in [-0.2, 0) is 25.8 Å². The van der Waals surface area contributed by atoms with Gasteiger partial charge in [0, 0.05) is 35.3 Å². The Morgan fingerprint density at radius 1 is 1.35 bits per heavy atom. The van der Waals surface area contributed by atoms with E-state index in [-0.39, 0.29) is 0 Å². The Kier molecular flexibility index (Phi) is 3.93. The van der Waals surface area contributed by atoms with Gasteiger partial charge in [0.05, 0.1) is 0 Å². The van der Waals surface area contributed by atoms with Crippen LogP contribution in [0.5, 0.6) is 0 Å². The number of aryl methyl sites for hydroxylation is 3. The number of rotatable bonds is 4. The van der Waals surface area contributed by atoms with Gasteiger partial charge in [-0.1, -0.05) is 11.2 Å². The summed E-state index contributed by atoms with van der Waals surface area (Å²) in [5, 5.41) is 9.68. The maximum atomic E-state index is 5.46. The summed E-state index contributed by atoms with van der Waals surface area (Å²) in [5.41, 5.74) is 4.56. The molecule has 3 aromatic rings. The maximum absolute atomic E-state index is 5.46. The molecular formula is C17H18N4OS. The van der Waals surface area contributed by atoms with Gasteiger partial charge in [-0.3, -0.25) is 4.98 Å². The quantitative estimate of drug-likeness (QED) is 0.798. The summed E-state index contributed by atoms with van der Waals surface area (Å²) in [7, 11) is 0. The van der Waals surface area contributed by atoms with E-state index in [1.807, 2.05) is 13.1 Å². The van der Waals surface area contributed by atoms with Crippen LogP contribution in [0.1, 0.15) is 27.6 Å². The van der Waals surface area contributed by atoms with Gasteiger partial charge < -0.3 is 9.84 Å². The molecule has 0 saturated heterocycles. The third-order valence-electron chi connectivity index (χ3n) is 4.19. The Balaban J connectivity index is 1.61. The first-order valence-corrected chi connectivity index (χ1v) is 8.72. The lowest BCUT2D eigenvalue weighted by Gasteiger charge is -2.19. The molecule has 118 valence electrons. The van der Waals surface area contributed by atoms with Crippen LogP contribution in [0.4, 0.5) is 0 Å². The van der Waals surface area contributed by atoms with Gasteiger partial charge in [0.15, 0.2) is 0 Å². The lowest BCUT2D eigenvalue weighted by molar-refractivity contribution is 0.379. The summed E-state index contributed by atoms with van der Waals surface area (Å²) in [5.74, 6) is 1.37. The van der Waals surface area contributed by atoms with E-state index in [2.05, 4.69) is 38.0 Å². The lowest BCUT2D eigenvalue weighted by atomic mass is 9.95. The maximum Gasteiger partial charge on any atom is 0.227 e. The number of nitrogens with zero attached hydrogens (tertiary/aromatic N) is 3. The van der Waals surface area contributed by atoms with Crippen molar-refractivity contribution in [1.29, 1.82) is 0 Å². The molecule has 0 fully saturated rings. The topological polar surface area (TPSA) is 63.8 Å². The molecule has 1 N–H and O–H groups in total. The van der Waals surface area contributed by atoms with Gasteiger partial charge in [-0.15, -0.1) is 11.3 Å². The van der Waals surface area contributed by atoms with Crippen LogP contribution in [0.2, 0.25) is 0 Å². The molecule has 0 unspecified atom stereocenters. The molecule has 0 spiro atoms. The van der Waals surface area contributed by atoms with Crippen LogP contribution in [0, 0.1) is 6.92 Å². The molecule has 0 saturated carbocycles. The summed E-state index contributed by atoms with van der Waals surface area (Å²) in [6.45, 7) is 3.85.